The van der Waals surface area contributed by atoms with Crippen molar-refractivity contribution in [3.05, 3.63) is 51.2 Å². The fourth-order valence-electron chi connectivity index (χ4n) is 1.30. The first-order valence-electron chi connectivity index (χ1n) is 4.98. The number of pyridine rings is 1. The van der Waals surface area contributed by atoms with Crippen molar-refractivity contribution in [2.45, 2.75) is 4.90 Å². The smallest absolute Gasteiger partial charge is 0.263 e. The van der Waals surface area contributed by atoms with Crippen molar-refractivity contribution in [3.8, 4) is 0 Å². The Morgan fingerprint density at radius 3 is 2.53 bits per heavy atom. The Hall–Kier alpha value is -0.820. The van der Waals surface area contributed by atoms with Gasteiger partial charge in [-0.1, -0.05) is 35.3 Å². The molecule has 1 heterocycles. The molecule has 0 aliphatic carbocycles. The first-order valence-corrected chi connectivity index (χ1v) is 8.02. The van der Waals surface area contributed by atoms with E-state index < -0.39 is 10.0 Å². The maximum Gasteiger partial charge on any atom is 0.263 e. The molecule has 100 valence electrons. The Morgan fingerprint density at radius 2 is 1.89 bits per heavy atom. The van der Waals surface area contributed by atoms with Crippen LogP contribution in [0.25, 0.3) is 0 Å². The summed E-state index contributed by atoms with van der Waals surface area (Å²) in [5, 5.41) is 0.503. The molecule has 0 atom stereocenters. The Labute approximate surface area is 128 Å². The summed E-state index contributed by atoms with van der Waals surface area (Å²) in [5.41, 5.74) is 0.301. The fourth-order valence-corrected chi connectivity index (χ4v) is 3.19. The van der Waals surface area contributed by atoms with Crippen molar-refractivity contribution in [3.63, 3.8) is 0 Å². The molecule has 2 aromatic rings. The van der Waals surface area contributed by atoms with E-state index in [0.717, 1.165) is 0 Å². The molecule has 0 saturated carbocycles. The minimum absolute atomic E-state index is 0.0105. The van der Waals surface area contributed by atoms with Crippen LogP contribution in [0.2, 0.25) is 10.2 Å². The molecule has 1 aromatic heterocycles. The number of para-hydroxylation sites is 1. The fraction of sp³-hybridized carbons (Fsp3) is 0. The standard InChI is InChI=1S/C11H7BrCl2N2O2S/c12-8-5-7(6-15-11(8)14)19(17,18)16-10-4-2-1-3-9(10)13/h1-6,16H. The van der Waals surface area contributed by atoms with E-state index in [9.17, 15) is 8.42 Å². The quantitative estimate of drug-likeness (QED) is 0.818. The zero-order chi connectivity index (χ0) is 14.0. The summed E-state index contributed by atoms with van der Waals surface area (Å²) in [5.74, 6) is 0. The first kappa shape index (κ1) is 14.6. The third-order valence-corrected chi connectivity index (χ3v) is 5.00. The molecule has 0 amide bonds. The van der Waals surface area contributed by atoms with Crippen LogP contribution in [0.15, 0.2) is 45.9 Å². The topological polar surface area (TPSA) is 59.1 Å². The predicted molar refractivity (Wildman–Crippen MR) is 79.2 cm³/mol. The lowest BCUT2D eigenvalue weighted by atomic mass is 10.3. The van der Waals surface area contributed by atoms with Gasteiger partial charge in [-0.05, 0) is 34.1 Å². The highest BCUT2D eigenvalue weighted by molar-refractivity contribution is 9.10. The van der Waals surface area contributed by atoms with Gasteiger partial charge in [-0.25, -0.2) is 13.4 Å². The van der Waals surface area contributed by atoms with E-state index in [1.807, 2.05) is 0 Å². The summed E-state index contributed by atoms with van der Waals surface area (Å²) >= 11 is 14.7. The van der Waals surface area contributed by atoms with Crippen molar-refractivity contribution in [1.29, 1.82) is 0 Å². The van der Waals surface area contributed by atoms with Crippen LogP contribution in [0.4, 0.5) is 5.69 Å². The number of hydrogen-bond donors (Lipinski definition) is 1. The van der Waals surface area contributed by atoms with Crippen LogP contribution in [-0.2, 0) is 10.0 Å². The summed E-state index contributed by atoms with van der Waals surface area (Å²) in [7, 11) is -3.76. The van der Waals surface area contributed by atoms with E-state index in [0.29, 0.717) is 15.2 Å². The maximum absolute atomic E-state index is 12.1. The highest BCUT2D eigenvalue weighted by Gasteiger charge is 2.17. The average Bonchev–Trinajstić information content (AvgIpc) is 2.35. The van der Waals surface area contributed by atoms with E-state index in [1.165, 1.54) is 12.3 Å². The lowest BCUT2D eigenvalue weighted by Gasteiger charge is -2.09. The zero-order valence-corrected chi connectivity index (χ0v) is 13.2. The molecule has 1 N–H and O–H groups in total. The molecular weight excluding hydrogens is 375 g/mol. The van der Waals surface area contributed by atoms with Gasteiger partial charge in [0.1, 0.15) is 10.0 Å². The molecule has 0 saturated heterocycles. The van der Waals surface area contributed by atoms with Crippen LogP contribution in [0.5, 0.6) is 0 Å². The number of hydrogen-bond acceptors (Lipinski definition) is 3. The minimum Gasteiger partial charge on any atom is -0.278 e. The molecule has 2 rings (SSSR count). The van der Waals surface area contributed by atoms with Gasteiger partial charge in [0.2, 0.25) is 0 Å². The molecule has 0 radical (unpaired) electrons. The van der Waals surface area contributed by atoms with E-state index in [2.05, 4.69) is 25.6 Å². The normalized spacial score (nSPS) is 11.3. The number of nitrogens with zero attached hydrogens (tertiary/aromatic N) is 1. The van der Waals surface area contributed by atoms with Crippen molar-refractivity contribution in [2.75, 3.05) is 4.72 Å². The van der Waals surface area contributed by atoms with Crippen LogP contribution < -0.4 is 4.72 Å². The van der Waals surface area contributed by atoms with Gasteiger partial charge >= 0.3 is 0 Å². The molecule has 19 heavy (non-hydrogen) atoms. The lowest BCUT2D eigenvalue weighted by molar-refractivity contribution is 0.600. The second kappa shape index (κ2) is 5.66. The molecule has 0 bridgehead atoms. The van der Waals surface area contributed by atoms with Crippen LogP contribution in [0.1, 0.15) is 0 Å². The van der Waals surface area contributed by atoms with Crippen molar-refractivity contribution in [1.82, 2.24) is 4.98 Å². The van der Waals surface area contributed by atoms with Gasteiger partial charge in [0.05, 0.1) is 15.2 Å². The Balaban J connectivity index is 2.38. The van der Waals surface area contributed by atoms with Crippen molar-refractivity contribution < 1.29 is 8.42 Å². The van der Waals surface area contributed by atoms with Gasteiger partial charge in [0.15, 0.2) is 0 Å². The van der Waals surface area contributed by atoms with Gasteiger partial charge in [-0.3, -0.25) is 4.72 Å². The molecule has 0 spiro atoms. The number of rotatable bonds is 3. The van der Waals surface area contributed by atoms with E-state index in [-0.39, 0.29) is 10.0 Å². The third kappa shape index (κ3) is 3.39. The average molecular weight is 382 g/mol. The highest BCUT2D eigenvalue weighted by Crippen LogP contribution is 2.26. The maximum atomic E-state index is 12.1. The van der Waals surface area contributed by atoms with Gasteiger partial charge in [-0.2, -0.15) is 0 Å². The van der Waals surface area contributed by atoms with Crippen LogP contribution in [0.3, 0.4) is 0 Å². The van der Waals surface area contributed by atoms with E-state index >= 15 is 0 Å². The largest absolute Gasteiger partial charge is 0.278 e. The molecule has 0 aliphatic heterocycles. The SMILES string of the molecule is O=S(=O)(Nc1ccccc1Cl)c1cnc(Cl)c(Br)c1. The van der Waals surface area contributed by atoms with Crippen LogP contribution in [0, 0.1) is 0 Å². The number of halogens is 3. The van der Waals surface area contributed by atoms with E-state index in [4.69, 9.17) is 23.2 Å². The number of benzene rings is 1. The number of nitrogens with one attached hydrogen (secondary N) is 1. The molecule has 0 fully saturated rings. The van der Waals surface area contributed by atoms with Gasteiger partial charge in [0, 0.05) is 6.20 Å². The van der Waals surface area contributed by atoms with Gasteiger partial charge in [-0.15, -0.1) is 0 Å². The number of sulfonamides is 1. The third-order valence-electron chi connectivity index (χ3n) is 2.20. The Kier molecular flexibility index (Phi) is 4.35. The summed E-state index contributed by atoms with van der Waals surface area (Å²) in [4.78, 5) is 3.76. The minimum atomic E-state index is -3.76. The summed E-state index contributed by atoms with van der Waals surface area (Å²) in [6.07, 6.45) is 1.17. The predicted octanol–water partition coefficient (Wildman–Crippen LogP) is 3.95. The molecule has 0 unspecified atom stereocenters. The molecular formula is C11H7BrCl2N2O2S. The summed E-state index contributed by atoms with van der Waals surface area (Å²) in [6.45, 7) is 0. The Morgan fingerprint density at radius 1 is 1.21 bits per heavy atom. The molecule has 0 aliphatic rings. The lowest BCUT2D eigenvalue weighted by Crippen LogP contribution is -2.13. The molecule has 4 nitrogen and oxygen atoms in total. The highest BCUT2D eigenvalue weighted by atomic mass is 79.9. The molecule has 1 aromatic carbocycles. The summed E-state index contributed by atoms with van der Waals surface area (Å²) < 4.78 is 27.1. The zero-order valence-electron chi connectivity index (χ0n) is 9.27. The van der Waals surface area contributed by atoms with Crippen molar-refractivity contribution in [2.24, 2.45) is 0 Å². The number of aromatic nitrogens is 1. The van der Waals surface area contributed by atoms with Crippen molar-refractivity contribution >= 4 is 54.8 Å². The number of anilines is 1. The monoisotopic (exact) mass is 380 g/mol. The van der Waals surface area contributed by atoms with Crippen LogP contribution in [-0.4, -0.2) is 13.4 Å². The van der Waals surface area contributed by atoms with Crippen LogP contribution >= 0.6 is 39.1 Å². The second-order valence-corrected chi connectivity index (χ2v) is 6.83. The van der Waals surface area contributed by atoms with Gasteiger partial charge in [0.25, 0.3) is 10.0 Å². The first-order chi connectivity index (χ1) is 8.90. The second-order valence-electron chi connectivity index (χ2n) is 3.53. The van der Waals surface area contributed by atoms with Gasteiger partial charge < -0.3 is 0 Å². The summed E-state index contributed by atoms with van der Waals surface area (Å²) in [6, 6.07) is 7.92. The van der Waals surface area contributed by atoms with E-state index in [1.54, 1.807) is 24.3 Å². The molecule has 8 heteroatoms. The Bertz CT molecular complexity index is 722.